The van der Waals surface area contributed by atoms with Gasteiger partial charge in [0.25, 0.3) is 0 Å². The summed E-state index contributed by atoms with van der Waals surface area (Å²) < 4.78 is 11.5. The fourth-order valence-electron chi connectivity index (χ4n) is 2.50. The highest BCUT2D eigenvalue weighted by molar-refractivity contribution is 7.10. The van der Waals surface area contributed by atoms with Gasteiger partial charge >= 0.3 is 0 Å². The zero-order chi connectivity index (χ0) is 16.4. The highest BCUT2D eigenvalue weighted by Gasteiger charge is 2.27. The lowest BCUT2D eigenvalue weighted by Gasteiger charge is -2.07. The van der Waals surface area contributed by atoms with Gasteiger partial charge in [0.05, 0.1) is 5.56 Å². The molecule has 118 valence electrons. The van der Waals surface area contributed by atoms with Crippen LogP contribution in [0.2, 0.25) is 0 Å². The van der Waals surface area contributed by atoms with Crippen LogP contribution < -0.4 is 9.47 Å². The van der Waals surface area contributed by atoms with E-state index in [2.05, 4.69) is 0 Å². The molecule has 0 saturated heterocycles. The van der Waals surface area contributed by atoms with Crippen LogP contribution in [0.5, 0.6) is 11.5 Å². The Labute approximate surface area is 143 Å². The summed E-state index contributed by atoms with van der Waals surface area (Å²) in [5, 5.41) is 1.97. The first-order chi connectivity index (χ1) is 11.8. The molecule has 0 unspecified atom stereocenters. The maximum absolute atomic E-state index is 12.4. The summed E-state index contributed by atoms with van der Waals surface area (Å²) in [6.45, 7) is 0.478. The van der Waals surface area contributed by atoms with Gasteiger partial charge in [-0.3, -0.25) is 4.79 Å². The summed E-state index contributed by atoms with van der Waals surface area (Å²) in [6, 6.07) is 19.2. The molecule has 2 aromatic carbocycles. The minimum atomic E-state index is -0.0898. The Morgan fingerprint density at radius 2 is 1.92 bits per heavy atom. The van der Waals surface area contributed by atoms with Gasteiger partial charge in [0.1, 0.15) is 18.1 Å². The predicted octanol–water partition coefficient (Wildman–Crippen LogP) is 4.94. The van der Waals surface area contributed by atoms with Gasteiger partial charge in [-0.05, 0) is 29.1 Å². The summed E-state index contributed by atoms with van der Waals surface area (Å²) in [4.78, 5) is 13.4. The minimum absolute atomic E-state index is 0.0898. The average molecular weight is 334 g/mol. The van der Waals surface area contributed by atoms with Gasteiger partial charge in [-0.2, -0.15) is 0 Å². The van der Waals surface area contributed by atoms with E-state index in [0.717, 1.165) is 10.4 Å². The number of hydrogen-bond acceptors (Lipinski definition) is 4. The predicted molar refractivity (Wildman–Crippen MR) is 94.5 cm³/mol. The SMILES string of the molecule is O=C1C(=Cc2cccs2)Oc2cc(OCc3ccccc3)ccc21. The zero-order valence-electron chi connectivity index (χ0n) is 12.8. The van der Waals surface area contributed by atoms with Crippen molar-refractivity contribution in [2.75, 3.05) is 0 Å². The van der Waals surface area contributed by atoms with E-state index >= 15 is 0 Å². The monoisotopic (exact) mass is 334 g/mol. The number of Topliss-reactive ketones (excluding diaryl/α,β-unsaturated/α-hetero) is 1. The second-order valence-electron chi connectivity index (χ2n) is 5.39. The number of benzene rings is 2. The molecule has 4 rings (SSSR count). The van der Waals surface area contributed by atoms with Gasteiger partial charge in [0, 0.05) is 17.0 Å². The molecule has 0 radical (unpaired) electrons. The third-order valence-corrected chi connectivity index (χ3v) is 4.53. The molecule has 0 saturated carbocycles. The fraction of sp³-hybridized carbons (Fsp3) is 0.0500. The first-order valence-corrected chi connectivity index (χ1v) is 8.46. The Balaban J connectivity index is 1.52. The van der Waals surface area contributed by atoms with Crippen molar-refractivity contribution in [3.63, 3.8) is 0 Å². The van der Waals surface area contributed by atoms with Crippen LogP contribution in [-0.4, -0.2) is 5.78 Å². The van der Waals surface area contributed by atoms with Crippen molar-refractivity contribution in [3.05, 3.63) is 87.8 Å². The second-order valence-corrected chi connectivity index (χ2v) is 6.37. The molecule has 4 heteroatoms. The molecule has 1 aliphatic heterocycles. The number of ether oxygens (including phenoxy) is 2. The lowest BCUT2D eigenvalue weighted by atomic mass is 10.1. The van der Waals surface area contributed by atoms with Gasteiger partial charge in [-0.15, -0.1) is 11.3 Å². The molecule has 0 atom stereocenters. The number of allylic oxidation sites excluding steroid dienone is 1. The highest BCUT2D eigenvalue weighted by Crippen LogP contribution is 2.35. The summed E-state index contributed by atoms with van der Waals surface area (Å²) in [7, 11) is 0. The number of fused-ring (bicyclic) bond motifs is 1. The Kier molecular flexibility index (Phi) is 3.89. The first-order valence-electron chi connectivity index (χ1n) is 7.58. The molecule has 3 aromatic rings. The molecule has 0 spiro atoms. The lowest BCUT2D eigenvalue weighted by molar-refractivity contribution is 0.101. The summed E-state index contributed by atoms with van der Waals surface area (Å²) in [5.41, 5.74) is 1.66. The van der Waals surface area contributed by atoms with Crippen LogP contribution in [0.3, 0.4) is 0 Å². The van der Waals surface area contributed by atoms with E-state index in [0.29, 0.717) is 29.4 Å². The Hall–Kier alpha value is -2.85. The number of ketones is 1. The van der Waals surface area contributed by atoms with Crippen molar-refractivity contribution in [3.8, 4) is 11.5 Å². The van der Waals surface area contributed by atoms with Gasteiger partial charge in [0.15, 0.2) is 5.76 Å². The topological polar surface area (TPSA) is 35.5 Å². The molecule has 2 heterocycles. The summed E-state index contributed by atoms with van der Waals surface area (Å²) in [5.74, 6) is 1.50. The van der Waals surface area contributed by atoms with Crippen LogP contribution >= 0.6 is 11.3 Å². The van der Waals surface area contributed by atoms with Crippen LogP contribution in [0.25, 0.3) is 6.08 Å². The molecule has 0 aliphatic carbocycles. The van der Waals surface area contributed by atoms with E-state index in [9.17, 15) is 4.79 Å². The van der Waals surface area contributed by atoms with Gasteiger partial charge in [-0.1, -0.05) is 36.4 Å². The molecule has 0 fully saturated rings. The van der Waals surface area contributed by atoms with Gasteiger partial charge in [0.2, 0.25) is 5.78 Å². The number of carbonyl (C=O) groups excluding carboxylic acids is 1. The van der Waals surface area contributed by atoms with Crippen molar-refractivity contribution in [1.82, 2.24) is 0 Å². The van der Waals surface area contributed by atoms with E-state index in [1.807, 2.05) is 47.8 Å². The summed E-state index contributed by atoms with van der Waals surface area (Å²) in [6.07, 6.45) is 1.78. The van der Waals surface area contributed by atoms with Crippen LogP contribution in [0.1, 0.15) is 20.8 Å². The van der Waals surface area contributed by atoms with Crippen LogP contribution in [0.15, 0.2) is 71.8 Å². The maximum Gasteiger partial charge on any atom is 0.232 e. The fourth-order valence-corrected chi connectivity index (χ4v) is 3.15. The van der Waals surface area contributed by atoms with Crippen molar-refractivity contribution >= 4 is 23.2 Å². The lowest BCUT2D eigenvalue weighted by Crippen LogP contribution is -1.97. The number of thiophene rings is 1. The largest absolute Gasteiger partial charge is 0.489 e. The number of hydrogen-bond donors (Lipinski definition) is 0. The molecule has 0 amide bonds. The molecule has 0 N–H and O–H groups in total. The Morgan fingerprint density at radius 3 is 2.71 bits per heavy atom. The van der Waals surface area contributed by atoms with Gasteiger partial charge in [-0.25, -0.2) is 0 Å². The number of carbonyl (C=O) groups is 1. The third kappa shape index (κ3) is 2.96. The van der Waals surface area contributed by atoms with Crippen LogP contribution in [0.4, 0.5) is 0 Å². The van der Waals surface area contributed by atoms with Crippen molar-refractivity contribution < 1.29 is 14.3 Å². The quantitative estimate of drug-likeness (QED) is 0.634. The molecular formula is C20H14O3S. The van der Waals surface area contributed by atoms with E-state index in [1.54, 1.807) is 35.6 Å². The molecular weight excluding hydrogens is 320 g/mol. The average Bonchev–Trinajstić information content (AvgIpc) is 3.23. The van der Waals surface area contributed by atoms with Crippen molar-refractivity contribution in [2.45, 2.75) is 6.61 Å². The smallest absolute Gasteiger partial charge is 0.232 e. The molecule has 0 bridgehead atoms. The van der Waals surface area contributed by atoms with Gasteiger partial charge < -0.3 is 9.47 Å². The van der Waals surface area contributed by atoms with Crippen molar-refractivity contribution in [1.29, 1.82) is 0 Å². The van der Waals surface area contributed by atoms with E-state index in [1.165, 1.54) is 0 Å². The third-order valence-electron chi connectivity index (χ3n) is 3.71. The van der Waals surface area contributed by atoms with E-state index in [4.69, 9.17) is 9.47 Å². The van der Waals surface area contributed by atoms with E-state index < -0.39 is 0 Å². The molecule has 1 aromatic heterocycles. The van der Waals surface area contributed by atoms with Crippen LogP contribution in [0, 0.1) is 0 Å². The maximum atomic E-state index is 12.4. The minimum Gasteiger partial charge on any atom is -0.489 e. The Morgan fingerprint density at radius 1 is 1.04 bits per heavy atom. The first kappa shape index (κ1) is 14.7. The number of rotatable bonds is 4. The summed E-state index contributed by atoms with van der Waals surface area (Å²) >= 11 is 1.57. The second kappa shape index (κ2) is 6.34. The highest BCUT2D eigenvalue weighted by atomic mass is 32.1. The normalized spacial score (nSPS) is 14.5. The molecule has 1 aliphatic rings. The van der Waals surface area contributed by atoms with E-state index in [-0.39, 0.29) is 5.78 Å². The van der Waals surface area contributed by atoms with Crippen molar-refractivity contribution in [2.24, 2.45) is 0 Å². The Bertz CT molecular complexity index is 896. The zero-order valence-corrected chi connectivity index (χ0v) is 13.6. The van der Waals surface area contributed by atoms with Crippen LogP contribution in [-0.2, 0) is 6.61 Å². The molecule has 24 heavy (non-hydrogen) atoms. The standard InChI is InChI=1S/C20H14O3S/c21-20-17-9-8-15(22-13-14-5-2-1-3-6-14)11-18(17)23-19(20)12-16-7-4-10-24-16/h1-12H,13H2. The molecule has 3 nitrogen and oxygen atoms in total.